The summed E-state index contributed by atoms with van der Waals surface area (Å²) in [5.41, 5.74) is 1.75. The second-order valence-electron chi connectivity index (χ2n) is 4.79. The Hall–Kier alpha value is -3.02. The van der Waals surface area contributed by atoms with Crippen LogP contribution in [0.3, 0.4) is 0 Å². The average Bonchev–Trinajstić information content (AvgIpc) is 3.11. The molecule has 118 valence electrons. The lowest BCUT2D eigenvalue weighted by Gasteiger charge is -2.13. The van der Waals surface area contributed by atoms with Crippen LogP contribution < -0.4 is 14.2 Å². The molecule has 23 heavy (non-hydrogen) atoms. The first-order valence-electron chi connectivity index (χ1n) is 7.05. The first kappa shape index (κ1) is 14.9. The number of nitrogens with one attached hydrogen (secondary N) is 1. The van der Waals surface area contributed by atoms with Crippen LogP contribution >= 0.6 is 0 Å². The van der Waals surface area contributed by atoms with Crippen LogP contribution in [0, 0.1) is 0 Å². The molecule has 0 aliphatic carbocycles. The molecule has 0 amide bonds. The first-order valence-corrected chi connectivity index (χ1v) is 7.05. The van der Waals surface area contributed by atoms with Gasteiger partial charge in [-0.15, -0.1) is 0 Å². The van der Waals surface area contributed by atoms with Crippen LogP contribution in [0.2, 0.25) is 0 Å². The van der Waals surface area contributed by atoms with Crippen molar-refractivity contribution in [3.8, 4) is 40.0 Å². The number of hydrogen-bond donors (Lipinski definition) is 1. The second kappa shape index (κ2) is 6.39. The van der Waals surface area contributed by atoms with E-state index in [1.165, 1.54) is 0 Å². The van der Waals surface area contributed by atoms with E-state index < -0.39 is 0 Å². The predicted octanol–water partition coefficient (Wildman–Crippen LogP) is 3.16. The molecule has 0 saturated heterocycles. The Morgan fingerprint density at radius 1 is 0.826 bits per heavy atom. The molecule has 6 heteroatoms. The summed E-state index contributed by atoms with van der Waals surface area (Å²) in [6, 6.07) is 13.4. The fourth-order valence-electron chi connectivity index (χ4n) is 2.33. The van der Waals surface area contributed by atoms with Crippen LogP contribution in [0.4, 0.5) is 0 Å². The lowest BCUT2D eigenvalue weighted by atomic mass is 10.1. The second-order valence-corrected chi connectivity index (χ2v) is 4.79. The molecule has 0 spiro atoms. The van der Waals surface area contributed by atoms with Crippen molar-refractivity contribution >= 4 is 0 Å². The SMILES string of the molecule is COc1cc(-c2nc(-c3ccccc3)n[nH]2)cc(OC)c1OC. The third kappa shape index (κ3) is 2.83. The van der Waals surface area contributed by atoms with Gasteiger partial charge in [0.1, 0.15) is 0 Å². The molecule has 1 aromatic heterocycles. The van der Waals surface area contributed by atoms with Gasteiger partial charge in [0.15, 0.2) is 23.1 Å². The number of H-pyrrole nitrogens is 1. The zero-order valence-corrected chi connectivity index (χ0v) is 13.2. The molecule has 1 N–H and O–H groups in total. The first-order chi connectivity index (χ1) is 11.3. The highest BCUT2D eigenvalue weighted by atomic mass is 16.5. The molecule has 2 aromatic carbocycles. The van der Waals surface area contributed by atoms with Crippen LogP contribution in [0.15, 0.2) is 42.5 Å². The molecular formula is C17H17N3O3. The molecule has 0 radical (unpaired) electrons. The van der Waals surface area contributed by atoms with Gasteiger partial charge in [0.25, 0.3) is 0 Å². The molecule has 0 atom stereocenters. The quantitative estimate of drug-likeness (QED) is 0.784. The van der Waals surface area contributed by atoms with Crippen LogP contribution in [0.1, 0.15) is 0 Å². The van der Waals surface area contributed by atoms with E-state index in [-0.39, 0.29) is 0 Å². The van der Waals surface area contributed by atoms with Crippen LogP contribution in [0.25, 0.3) is 22.8 Å². The number of hydrogen-bond acceptors (Lipinski definition) is 5. The summed E-state index contributed by atoms with van der Waals surface area (Å²) >= 11 is 0. The van der Waals surface area contributed by atoms with Gasteiger partial charge in [0.2, 0.25) is 5.75 Å². The van der Waals surface area contributed by atoms with Gasteiger partial charge in [-0.05, 0) is 12.1 Å². The van der Waals surface area contributed by atoms with Crippen molar-refractivity contribution in [1.29, 1.82) is 0 Å². The number of benzene rings is 2. The topological polar surface area (TPSA) is 69.3 Å². The Morgan fingerprint density at radius 3 is 2.04 bits per heavy atom. The minimum absolute atomic E-state index is 0.543. The van der Waals surface area contributed by atoms with Gasteiger partial charge in [0.05, 0.1) is 21.3 Å². The Balaban J connectivity index is 2.04. The van der Waals surface area contributed by atoms with Gasteiger partial charge >= 0.3 is 0 Å². The smallest absolute Gasteiger partial charge is 0.203 e. The number of methoxy groups -OCH3 is 3. The van der Waals surface area contributed by atoms with Crippen molar-refractivity contribution in [3.63, 3.8) is 0 Å². The van der Waals surface area contributed by atoms with Crippen molar-refractivity contribution in [2.75, 3.05) is 21.3 Å². The zero-order chi connectivity index (χ0) is 16.2. The number of aromatic nitrogens is 3. The summed E-state index contributed by atoms with van der Waals surface area (Å²) in [4.78, 5) is 4.54. The van der Waals surface area contributed by atoms with Crippen LogP contribution in [0.5, 0.6) is 17.2 Å². The molecule has 3 aromatic rings. The standard InChI is InChI=1S/C17H17N3O3/c1-21-13-9-12(10-14(22-2)15(13)23-3)17-18-16(19-20-17)11-7-5-4-6-8-11/h4-10H,1-3H3,(H,18,19,20). The summed E-state index contributed by atoms with van der Waals surface area (Å²) in [6.45, 7) is 0. The normalized spacial score (nSPS) is 10.4. The molecule has 3 rings (SSSR count). The van der Waals surface area contributed by atoms with Crippen molar-refractivity contribution < 1.29 is 14.2 Å². The lowest BCUT2D eigenvalue weighted by Crippen LogP contribution is -1.96. The minimum atomic E-state index is 0.543. The van der Waals surface area contributed by atoms with Crippen molar-refractivity contribution in [2.24, 2.45) is 0 Å². The number of nitrogens with zero attached hydrogens (tertiary/aromatic N) is 2. The Labute approximate surface area is 134 Å². The number of ether oxygens (including phenoxy) is 3. The predicted molar refractivity (Wildman–Crippen MR) is 86.9 cm³/mol. The Morgan fingerprint density at radius 2 is 1.48 bits per heavy atom. The van der Waals surface area contributed by atoms with E-state index >= 15 is 0 Å². The summed E-state index contributed by atoms with van der Waals surface area (Å²) in [5, 5.41) is 7.22. The maximum absolute atomic E-state index is 5.37. The van der Waals surface area contributed by atoms with E-state index in [2.05, 4.69) is 15.2 Å². The fourth-order valence-corrected chi connectivity index (χ4v) is 2.33. The fraction of sp³-hybridized carbons (Fsp3) is 0.176. The van der Waals surface area contributed by atoms with E-state index in [4.69, 9.17) is 14.2 Å². The van der Waals surface area contributed by atoms with Crippen molar-refractivity contribution in [3.05, 3.63) is 42.5 Å². The molecule has 0 fully saturated rings. The van der Waals surface area contributed by atoms with Crippen molar-refractivity contribution in [2.45, 2.75) is 0 Å². The van der Waals surface area contributed by atoms with E-state index in [1.807, 2.05) is 42.5 Å². The van der Waals surface area contributed by atoms with Gasteiger partial charge in [-0.1, -0.05) is 30.3 Å². The summed E-state index contributed by atoms with van der Waals surface area (Å²) in [6.07, 6.45) is 0. The summed E-state index contributed by atoms with van der Waals surface area (Å²) in [7, 11) is 4.73. The molecule has 0 bridgehead atoms. The van der Waals surface area contributed by atoms with Gasteiger partial charge in [-0.2, -0.15) is 5.10 Å². The highest BCUT2D eigenvalue weighted by Gasteiger charge is 2.16. The molecular weight excluding hydrogens is 294 g/mol. The van der Waals surface area contributed by atoms with E-state index in [0.717, 1.165) is 11.1 Å². The Kier molecular flexibility index (Phi) is 4.14. The van der Waals surface area contributed by atoms with Gasteiger partial charge in [-0.25, -0.2) is 4.98 Å². The molecule has 6 nitrogen and oxygen atoms in total. The van der Waals surface area contributed by atoms with Gasteiger partial charge in [-0.3, -0.25) is 5.10 Å². The summed E-state index contributed by atoms with van der Waals surface area (Å²) in [5.74, 6) is 2.94. The zero-order valence-electron chi connectivity index (χ0n) is 13.2. The van der Waals surface area contributed by atoms with E-state index in [0.29, 0.717) is 28.9 Å². The minimum Gasteiger partial charge on any atom is -0.493 e. The third-order valence-corrected chi connectivity index (χ3v) is 3.46. The highest BCUT2D eigenvalue weighted by molar-refractivity contribution is 5.68. The van der Waals surface area contributed by atoms with E-state index in [9.17, 15) is 0 Å². The number of aromatic amines is 1. The average molecular weight is 311 g/mol. The maximum Gasteiger partial charge on any atom is 0.203 e. The van der Waals surface area contributed by atoms with E-state index in [1.54, 1.807) is 21.3 Å². The monoisotopic (exact) mass is 311 g/mol. The molecule has 0 aliphatic rings. The third-order valence-electron chi connectivity index (χ3n) is 3.46. The largest absolute Gasteiger partial charge is 0.493 e. The molecule has 1 heterocycles. The molecule has 0 saturated carbocycles. The van der Waals surface area contributed by atoms with Gasteiger partial charge in [0, 0.05) is 11.1 Å². The van der Waals surface area contributed by atoms with Crippen LogP contribution in [-0.4, -0.2) is 36.5 Å². The summed E-state index contributed by atoms with van der Waals surface area (Å²) < 4.78 is 16.1. The maximum atomic E-state index is 5.37. The Bertz CT molecular complexity index is 775. The molecule has 0 unspecified atom stereocenters. The van der Waals surface area contributed by atoms with Gasteiger partial charge < -0.3 is 14.2 Å². The molecule has 0 aliphatic heterocycles. The van der Waals surface area contributed by atoms with Crippen molar-refractivity contribution in [1.82, 2.24) is 15.2 Å². The van der Waals surface area contributed by atoms with Crippen LogP contribution in [-0.2, 0) is 0 Å². The lowest BCUT2D eigenvalue weighted by molar-refractivity contribution is 0.324. The highest BCUT2D eigenvalue weighted by Crippen LogP contribution is 2.40. The number of rotatable bonds is 5.